The summed E-state index contributed by atoms with van der Waals surface area (Å²) in [6.07, 6.45) is 0.974. The third-order valence-corrected chi connectivity index (χ3v) is 3.74. The standard InChI is InChI=1S/C16H17F3N4O/c17-16(18,19)13-2-1-5-22-15(13)23-8-11-3-6-21-10-14(11)24-12-4-7-20-9-12/h1-3,5-6,10,12,20H,4,7-9H2,(H,22,23)/t12-/m0/s1. The summed E-state index contributed by atoms with van der Waals surface area (Å²) in [5, 5.41) is 5.94. The highest BCUT2D eigenvalue weighted by atomic mass is 19.4. The molecular formula is C16H17F3N4O. The summed E-state index contributed by atoms with van der Waals surface area (Å²) in [6.45, 7) is 1.81. The molecule has 3 rings (SSSR count). The first-order chi connectivity index (χ1) is 11.5. The van der Waals surface area contributed by atoms with Crippen LogP contribution in [0.15, 0.2) is 36.8 Å². The molecule has 1 atom stereocenters. The predicted molar refractivity (Wildman–Crippen MR) is 82.7 cm³/mol. The zero-order valence-corrected chi connectivity index (χ0v) is 12.8. The maximum absolute atomic E-state index is 13.0. The number of aromatic nitrogens is 2. The van der Waals surface area contributed by atoms with Gasteiger partial charge in [-0.25, -0.2) is 4.98 Å². The number of alkyl halides is 3. The van der Waals surface area contributed by atoms with Crippen molar-refractivity contribution in [2.45, 2.75) is 25.2 Å². The molecule has 3 heterocycles. The first-order valence-electron chi connectivity index (χ1n) is 7.60. The highest BCUT2D eigenvalue weighted by molar-refractivity contribution is 5.47. The average molecular weight is 338 g/mol. The van der Waals surface area contributed by atoms with Crippen molar-refractivity contribution in [1.82, 2.24) is 15.3 Å². The van der Waals surface area contributed by atoms with E-state index in [2.05, 4.69) is 20.6 Å². The van der Waals surface area contributed by atoms with E-state index in [0.29, 0.717) is 5.75 Å². The molecule has 5 nitrogen and oxygen atoms in total. The quantitative estimate of drug-likeness (QED) is 0.878. The van der Waals surface area contributed by atoms with Gasteiger partial charge in [0.05, 0.1) is 11.8 Å². The smallest absolute Gasteiger partial charge is 0.419 e. The lowest BCUT2D eigenvalue weighted by Crippen LogP contribution is -2.20. The SMILES string of the molecule is FC(F)(F)c1cccnc1NCc1ccncc1O[C@H]1CCNC1. The van der Waals surface area contributed by atoms with Gasteiger partial charge in [0, 0.05) is 31.0 Å². The van der Waals surface area contributed by atoms with Gasteiger partial charge in [0.25, 0.3) is 0 Å². The Labute approximate surface area is 137 Å². The minimum absolute atomic E-state index is 0.0496. The van der Waals surface area contributed by atoms with Gasteiger partial charge in [-0.15, -0.1) is 0 Å². The maximum Gasteiger partial charge on any atom is 0.419 e. The van der Waals surface area contributed by atoms with Gasteiger partial charge in [0.2, 0.25) is 0 Å². The van der Waals surface area contributed by atoms with Gasteiger partial charge in [0.15, 0.2) is 0 Å². The van der Waals surface area contributed by atoms with Crippen LogP contribution in [0.2, 0.25) is 0 Å². The molecule has 0 unspecified atom stereocenters. The topological polar surface area (TPSA) is 59.1 Å². The molecule has 0 radical (unpaired) electrons. The molecule has 1 fully saturated rings. The summed E-state index contributed by atoms with van der Waals surface area (Å²) < 4.78 is 44.9. The van der Waals surface area contributed by atoms with Crippen LogP contribution in [0.4, 0.5) is 19.0 Å². The van der Waals surface area contributed by atoms with Gasteiger partial charge in [-0.3, -0.25) is 4.98 Å². The third kappa shape index (κ3) is 3.94. The maximum atomic E-state index is 13.0. The first-order valence-corrected chi connectivity index (χ1v) is 7.60. The van der Waals surface area contributed by atoms with Crippen molar-refractivity contribution in [3.05, 3.63) is 47.9 Å². The van der Waals surface area contributed by atoms with Gasteiger partial charge in [-0.2, -0.15) is 13.2 Å². The molecule has 1 saturated heterocycles. The Hall–Kier alpha value is -2.35. The predicted octanol–water partition coefficient (Wildman–Crippen LogP) is 2.85. The summed E-state index contributed by atoms with van der Waals surface area (Å²) in [6, 6.07) is 3.99. The molecule has 0 bridgehead atoms. The third-order valence-electron chi connectivity index (χ3n) is 3.74. The van der Waals surface area contributed by atoms with Gasteiger partial charge >= 0.3 is 6.18 Å². The number of hydrogen-bond acceptors (Lipinski definition) is 5. The number of nitrogens with one attached hydrogen (secondary N) is 2. The Bertz CT molecular complexity index is 687. The van der Waals surface area contributed by atoms with Crippen LogP contribution >= 0.6 is 0 Å². The Morgan fingerprint density at radius 1 is 1.29 bits per heavy atom. The normalized spacial score (nSPS) is 17.7. The van der Waals surface area contributed by atoms with E-state index in [0.717, 1.165) is 31.1 Å². The second-order valence-electron chi connectivity index (χ2n) is 5.47. The summed E-state index contributed by atoms with van der Waals surface area (Å²) in [5.74, 6) is 0.374. The molecule has 2 N–H and O–H groups in total. The number of ether oxygens (including phenoxy) is 1. The number of pyridine rings is 2. The lowest BCUT2D eigenvalue weighted by atomic mass is 10.2. The van der Waals surface area contributed by atoms with E-state index in [1.54, 1.807) is 18.5 Å². The molecular weight excluding hydrogens is 321 g/mol. The van der Waals surface area contributed by atoms with E-state index < -0.39 is 11.7 Å². The van der Waals surface area contributed by atoms with E-state index in [1.165, 1.54) is 12.3 Å². The molecule has 1 aliphatic heterocycles. The van der Waals surface area contributed by atoms with Crippen LogP contribution in [0.25, 0.3) is 0 Å². The molecule has 8 heteroatoms. The molecule has 128 valence electrons. The number of halogens is 3. The van der Waals surface area contributed by atoms with Gasteiger partial charge in [0.1, 0.15) is 17.7 Å². The molecule has 1 aliphatic rings. The van der Waals surface area contributed by atoms with E-state index in [-0.39, 0.29) is 18.5 Å². The fourth-order valence-corrected chi connectivity index (χ4v) is 2.52. The van der Waals surface area contributed by atoms with Crippen molar-refractivity contribution in [3.8, 4) is 5.75 Å². The molecule has 0 saturated carbocycles. The van der Waals surface area contributed by atoms with Crippen LogP contribution in [0, 0.1) is 0 Å². The van der Waals surface area contributed by atoms with Gasteiger partial charge in [-0.1, -0.05) is 0 Å². The van der Waals surface area contributed by atoms with E-state index in [1.807, 2.05) is 0 Å². The lowest BCUT2D eigenvalue weighted by Gasteiger charge is -2.17. The second-order valence-corrected chi connectivity index (χ2v) is 5.47. The fourth-order valence-electron chi connectivity index (χ4n) is 2.52. The number of nitrogens with zero attached hydrogens (tertiary/aromatic N) is 2. The Morgan fingerprint density at radius 3 is 2.92 bits per heavy atom. The average Bonchev–Trinajstić information content (AvgIpc) is 3.06. The summed E-state index contributed by atoms with van der Waals surface area (Å²) in [7, 11) is 0. The Kier molecular flexibility index (Phi) is 4.84. The van der Waals surface area contributed by atoms with Crippen molar-refractivity contribution in [2.24, 2.45) is 0 Å². The van der Waals surface area contributed by atoms with Crippen LogP contribution in [0.1, 0.15) is 17.5 Å². The summed E-state index contributed by atoms with van der Waals surface area (Å²) in [4.78, 5) is 7.83. The molecule has 0 aromatic carbocycles. The van der Waals surface area contributed by atoms with Crippen molar-refractivity contribution in [1.29, 1.82) is 0 Å². The second kappa shape index (κ2) is 7.04. The largest absolute Gasteiger partial charge is 0.487 e. The summed E-state index contributed by atoms with van der Waals surface area (Å²) >= 11 is 0. The first kappa shape index (κ1) is 16.5. The van der Waals surface area contributed by atoms with Crippen LogP contribution in [-0.2, 0) is 12.7 Å². The Morgan fingerprint density at radius 2 is 2.17 bits per heavy atom. The molecule has 2 aromatic rings. The zero-order valence-electron chi connectivity index (χ0n) is 12.8. The van der Waals surface area contributed by atoms with E-state index >= 15 is 0 Å². The van der Waals surface area contributed by atoms with Crippen molar-refractivity contribution in [2.75, 3.05) is 18.4 Å². The minimum atomic E-state index is -4.45. The monoisotopic (exact) mass is 338 g/mol. The van der Waals surface area contributed by atoms with Crippen LogP contribution in [0.5, 0.6) is 5.75 Å². The molecule has 0 spiro atoms. The molecule has 0 amide bonds. The van der Waals surface area contributed by atoms with E-state index in [4.69, 9.17) is 4.74 Å². The summed E-state index contributed by atoms with van der Waals surface area (Å²) in [5.41, 5.74) is -0.0582. The van der Waals surface area contributed by atoms with Crippen LogP contribution in [-0.4, -0.2) is 29.2 Å². The molecule has 2 aromatic heterocycles. The van der Waals surface area contributed by atoms with Crippen molar-refractivity contribution >= 4 is 5.82 Å². The highest BCUT2D eigenvalue weighted by Crippen LogP contribution is 2.33. The lowest BCUT2D eigenvalue weighted by molar-refractivity contribution is -0.137. The van der Waals surface area contributed by atoms with Crippen molar-refractivity contribution in [3.63, 3.8) is 0 Å². The number of anilines is 1. The molecule has 24 heavy (non-hydrogen) atoms. The van der Waals surface area contributed by atoms with Crippen molar-refractivity contribution < 1.29 is 17.9 Å². The molecule has 0 aliphatic carbocycles. The van der Waals surface area contributed by atoms with Gasteiger partial charge in [-0.05, 0) is 31.2 Å². The minimum Gasteiger partial charge on any atom is -0.487 e. The van der Waals surface area contributed by atoms with Crippen LogP contribution in [0.3, 0.4) is 0 Å². The number of hydrogen-bond donors (Lipinski definition) is 2. The zero-order chi connectivity index (χ0) is 17.0. The van der Waals surface area contributed by atoms with E-state index in [9.17, 15) is 13.2 Å². The van der Waals surface area contributed by atoms with Crippen LogP contribution < -0.4 is 15.4 Å². The highest BCUT2D eigenvalue weighted by Gasteiger charge is 2.34. The fraction of sp³-hybridized carbons (Fsp3) is 0.375. The Balaban J connectivity index is 1.73. The van der Waals surface area contributed by atoms with Gasteiger partial charge < -0.3 is 15.4 Å². The number of rotatable bonds is 5.